The van der Waals surface area contributed by atoms with E-state index in [4.69, 9.17) is 0 Å². The van der Waals surface area contributed by atoms with Crippen LogP contribution in [0.25, 0.3) is 0 Å². The third kappa shape index (κ3) is 2.97. The van der Waals surface area contributed by atoms with Gasteiger partial charge in [0.25, 0.3) is 5.91 Å². The zero-order valence-electron chi connectivity index (χ0n) is 13.9. The summed E-state index contributed by atoms with van der Waals surface area (Å²) in [5.74, 6) is -0.460. The van der Waals surface area contributed by atoms with Gasteiger partial charge in [0, 0.05) is 30.5 Å². The fourth-order valence-corrected chi connectivity index (χ4v) is 2.84. The average molecular weight is 323 g/mol. The number of nitrogens with one attached hydrogen (secondary N) is 2. The Morgan fingerprint density at radius 3 is 2.42 bits per heavy atom. The van der Waals surface area contributed by atoms with E-state index < -0.39 is 0 Å². The Morgan fingerprint density at radius 2 is 1.75 bits per heavy atom. The zero-order chi connectivity index (χ0) is 17.1. The maximum Gasteiger partial charge on any atom is 0.265 e. The van der Waals surface area contributed by atoms with Crippen LogP contribution in [0.3, 0.4) is 0 Å². The van der Waals surface area contributed by atoms with Crippen LogP contribution in [0.15, 0.2) is 42.5 Å². The second-order valence-corrected chi connectivity index (χ2v) is 5.81. The quantitative estimate of drug-likeness (QED) is 0.829. The number of fused-ring (bicyclic) bond motifs is 1. The first-order chi connectivity index (χ1) is 11.6. The van der Waals surface area contributed by atoms with Crippen molar-refractivity contribution in [3.63, 3.8) is 0 Å². The number of carbonyl (C=O) groups is 2. The first-order valence-corrected chi connectivity index (χ1v) is 8.16. The molecular weight excluding hydrogens is 302 g/mol. The van der Waals surface area contributed by atoms with Gasteiger partial charge in [-0.1, -0.05) is 6.92 Å². The molecule has 0 saturated heterocycles. The van der Waals surface area contributed by atoms with Crippen LogP contribution in [0.1, 0.15) is 29.3 Å². The van der Waals surface area contributed by atoms with Crippen LogP contribution in [0.4, 0.5) is 17.1 Å². The van der Waals surface area contributed by atoms with E-state index in [0.717, 1.165) is 29.9 Å². The SMILES string of the molecule is CCCNc1ccc2c(c1)CC(=O)N(c1ccc(NC)cc1)C2=O. The molecular formula is C19H21N3O2. The molecule has 0 aromatic heterocycles. The van der Waals surface area contributed by atoms with Gasteiger partial charge < -0.3 is 10.6 Å². The van der Waals surface area contributed by atoms with Gasteiger partial charge in [-0.3, -0.25) is 9.59 Å². The van der Waals surface area contributed by atoms with E-state index in [1.165, 1.54) is 4.90 Å². The number of rotatable bonds is 5. The first-order valence-electron chi connectivity index (χ1n) is 8.16. The fraction of sp³-hybridized carbons (Fsp3) is 0.263. The standard InChI is InChI=1S/C19H21N3O2/c1-3-10-21-15-6-9-17-13(11-15)12-18(23)22(19(17)24)16-7-4-14(20-2)5-8-16/h4-9,11,20-21H,3,10,12H2,1-2H3. The number of anilines is 3. The molecule has 0 unspecified atom stereocenters. The lowest BCUT2D eigenvalue weighted by atomic mass is 9.97. The van der Waals surface area contributed by atoms with Gasteiger partial charge in [0.1, 0.15) is 0 Å². The minimum absolute atomic E-state index is 0.197. The van der Waals surface area contributed by atoms with Crippen LogP contribution in [-0.4, -0.2) is 25.4 Å². The molecule has 1 aliphatic rings. The summed E-state index contributed by atoms with van der Waals surface area (Å²) >= 11 is 0. The molecule has 0 aliphatic carbocycles. The van der Waals surface area contributed by atoms with Crippen LogP contribution >= 0.6 is 0 Å². The largest absolute Gasteiger partial charge is 0.388 e. The van der Waals surface area contributed by atoms with Gasteiger partial charge in [-0.05, 0) is 54.4 Å². The monoisotopic (exact) mass is 323 g/mol. The topological polar surface area (TPSA) is 61.4 Å². The summed E-state index contributed by atoms with van der Waals surface area (Å²) in [6.07, 6.45) is 1.25. The predicted molar refractivity (Wildman–Crippen MR) is 96.7 cm³/mol. The third-order valence-electron chi connectivity index (χ3n) is 4.12. The molecule has 24 heavy (non-hydrogen) atoms. The highest BCUT2D eigenvalue weighted by molar-refractivity contribution is 6.24. The highest BCUT2D eigenvalue weighted by atomic mass is 16.2. The number of hydrogen-bond acceptors (Lipinski definition) is 4. The number of hydrogen-bond donors (Lipinski definition) is 2. The predicted octanol–water partition coefficient (Wildman–Crippen LogP) is 3.28. The van der Waals surface area contributed by atoms with Crippen LogP contribution in [-0.2, 0) is 11.2 Å². The van der Waals surface area contributed by atoms with Crippen molar-refractivity contribution >= 4 is 28.9 Å². The Bertz CT molecular complexity index is 769. The zero-order valence-corrected chi connectivity index (χ0v) is 13.9. The molecule has 5 heteroatoms. The lowest BCUT2D eigenvalue weighted by Crippen LogP contribution is -2.42. The number of benzene rings is 2. The molecule has 3 rings (SSSR count). The maximum atomic E-state index is 12.8. The molecule has 0 fully saturated rings. The number of nitrogens with zero attached hydrogens (tertiary/aromatic N) is 1. The lowest BCUT2D eigenvalue weighted by molar-refractivity contribution is -0.117. The second-order valence-electron chi connectivity index (χ2n) is 5.81. The molecule has 1 heterocycles. The summed E-state index contributed by atoms with van der Waals surface area (Å²) in [7, 11) is 1.83. The van der Waals surface area contributed by atoms with Crippen molar-refractivity contribution in [2.75, 3.05) is 29.1 Å². The summed E-state index contributed by atoms with van der Waals surface area (Å²) in [5.41, 5.74) is 3.86. The molecule has 0 atom stereocenters. The lowest BCUT2D eigenvalue weighted by Gasteiger charge is -2.27. The fourth-order valence-electron chi connectivity index (χ4n) is 2.84. The van der Waals surface area contributed by atoms with Gasteiger partial charge in [-0.15, -0.1) is 0 Å². The van der Waals surface area contributed by atoms with E-state index in [0.29, 0.717) is 11.3 Å². The van der Waals surface area contributed by atoms with Crippen molar-refractivity contribution in [1.29, 1.82) is 0 Å². The van der Waals surface area contributed by atoms with Crippen molar-refractivity contribution in [2.24, 2.45) is 0 Å². The Balaban J connectivity index is 1.90. The summed E-state index contributed by atoms with van der Waals surface area (Å²) in [4.78, 5) is 26.6. The highest BCUT2D eigenvalue weighted by Gasteiger charge is 2.32. The molecule has 2 N–H and O–H groups in total. The summed E-state index contributed by atoms with van der Waals surface area (Å²) < 4.78 is 0. The van der Waals surface area contributed by atoms with E-state index in [-0.39, 0.29) is 18.2 Å². The molecule has 2 aromatic carbocycles. The van der Waals surface area contributed by atoms with Crippen LogP contribution in [0, 0.1) is 0 Å². The number of amides is 2. The highest BCUT2D eigenvalue weighted by Crippen LogP contribution is 2.28. The Morgan fingerprint density at radius 1 is 1.04 bits per heavy atom. The molecule has 2 amide bonds. The molecule has 5 nitrogen and oxygen atoms in total. The summed E-state index contributed by atoms with van der Waals surface area (Å²) in [6, 6.07) is 12.9. The molecule has 1 aliphatic heterocycles. The van der Waals surface area contributed by atoms with Gasteiger partial charge in [-0.2, -0.15) is 0 Å². The van der Waals surface area contributed by atoms with E-state index in [9.17, 15) is 9.59 Å². The Labute approximate surface area is 141 Å². The average Bonchev–Trinajstić information content (AvgIpc) is 2.60. The van der Waals surface area contributed by atoms with Crippen LogP contribution in [0.2, 0.25) is 0 Å². The van der Waals surface area contributed by atoms with Gasteiger partial charge in [0.2, 0.25) is 5.91 Å². The molecule has 0 radical (unpaired) electrons. The first kappa shape index (κ1) is 16.1. The van der Waals surface area contributed by atoms with Crippen LogP contribution < -0.4 is 15.5 Å². The minimum Gasteiger partial charge on any atom is -0.388 e. The van der Waals surface area contributed by atoms with Gasteiger partial charge in [-0.25, -0.2) is 4.90 Å². The van der Waals surface area contributed by atoms with Crippen molar-refractivity contribution in [3.8, 4) is 0 Å². The molecule has 0 bridgehead atoms. The normalized spacial score (nSPS) is 13.7. The summed E-state index contributed by atoms with van der Waals surface area (Å²) in [6.45, 7) is 2.96. The van der Waals surface area contributed by atoms with E-state index in [2.05, 4.69) is 17.6 Å². The Kier molecular flexibility index (Phi) is 4.51. The van der Waals surface area contributed by atoms with Crippen molar-refractivity contribution in [3.05, 3.63) is 53.6 Å². The third-order valence-corrected chi connectivity index (χ3v) is 4.12. The number of carbonyl (C=O) groups excluding carboxylic acids is 2. The minimum atomic E-state index is -0.263. The Hall–Kier alpha value is -2.82. The van der Waals surface area contributed by atoms with Gasteiger partial charge >= 0.3 is 0 Å². The van der Waals surface area contributed by atoms with Crippen molar-refractivity contribution in [2.45, 2.75) is 19.8 Å². The smallest absolute Gasteiger partial charge is 0.265 e. The van der Waals surface area contributed by atoms with E-state index in [1.807, 2.05) is 31.3 Å². The molecule has 0 saturated carbocycles. The van der Waals surface area contributed by atoms with E-state index >= 15 is 0 Å². The van der Waals surface area contributed by atoms with Gasteiger partial charge in [0.15, 0.2) is 0 Å². The number of imide groups is 1. The molecule has 0 spiro atoms. The molecule has 2 aromatic rings. The van der Waals surface area contributed by atoms with E-state index in [1.54, 1.807) is 18.2 Å². The summed E-state index contributed by atoms with van der Waals surface area (Å²) in [5, 5.41) is 6.31. The second kappa shape index (κ2) is 6.74. The van der Waals surface area contributed by atoms with Crippen LogP contribution in [0.5, 0.6) is 0 Å². The molecule has 124 valence electrons. The maximum absolute atomic E-state index is 12.8. The van der Waals surface area contributed by atoms with Crippen molar-refractivity contribution < 1.29 is 9.59 Å². The van der Waals surface area contributed by atoms with Gasteiger partial charge in [0.05, 0.1) is 12.1 Å². The van der Waals surface area contributed by atoms with Crippen molar-refractivity contribution in [1.82, 2.24) is 0 Å².